The smallest absolute Gasteiger partial charge is 0.256 e. The van der Waals surface area contributed by atoms with Gasteiger partial charge in [-0.25, -0.2) is 4.98 Å². The van der Waals surface area contributed by atoms with E-state index in [1.807, 2.05) is 60.7 Å². The summed E-state index contributed by atoms with van der Waals surface area (Å²) in [6, 6.07) is 20.5. The van der Waals surface area contributed by atoms with Gasteiger partial charge in [-0.2, -0.15) is 0 Å². The molecule has 0 atom stereocenters. The molecule has 0 radical (unpaired) electrons. The van der Waals surface area contributed by atoms with Crippen LogP contribution in [0.15, 0.2) is 72.9 Å². The highest BCUT2D eigenvalue weighted by Crippen LogP contribution is 2.26. The fourth-order valence-corrected chi connectivity index (χ4v) is 2.81. The van der Waals surface area contributed by atoms with Gasteiger partial charge in [0.15, 0.2) is 0 Å². The number of anilines is 1. The van der Waals surface area contributed by atoms with E-state index in [9.17, 15) is 4.79 Å². The third-order valence-corrected chi connectivity index (χ3v) is 4.30. The molecular weight excluding hydrogens is 380 g/mol. The van der Waals surface area contributed by atoms with Crippen molar-refractivity contribution in [1.29, 1.82) is 0 Å². The molecule has 1 aromatic heterocycles. The molecule has 0 unspecified atom stereocenters. The Hall–Kier alpha value is -3.64. The number of amides is 1. The monoisotopic (exact) mass is 404 g/mol. The summed E-state index contributed by atoms with van der Waals surface area (Å²) in [5, 5.41) is 2.90. The Kier molecular flexibility index (Phi) is 7.58. The number of aromatic nitrogens is 1. The zero-order valence-corrected chi connectivity index (χ0v) is 17.0. The number of hydrogen-bond acceptors (Lipinski definition) is 5. The predicted molar refractivity (Wildman–Crippen MR) is 118 cm³/mol. The molecule has 0 aliphatic heterocycles. The molecule has 30 heavy (non-hydrogen) atoms. The summed E-state index contributed by atoms with van der Waals surface area (Å²) >= 11 is 0. The summed E-state index contributed by atoms with van der Waals surface area (Å²) in [6.07, 6.45) is 3.38. The molecule has 1 N–H and O–H groups in total. The van der Waals surface area contributed by atoms with E-state index in [0.717, 1.165) is 11.1 Å². The number of carbonyl (C=O) groups excluding carboxylic acids is 1. The summed E-state index contributed by atoms with van der Waals surface area (Å²) < 4.78 is 15.8. The Bertz CT molecular complexity index is 986. The second-order valence-corrected chi connectivity index (χ2v) is 6.35. The first-order valence-electron chi connectivity index (χ1n) is 9.50. The molecule has 0 saturated carbocycles. The molecule has 0 aliphatic rings. The van der Waals surface area contributed by atoms with Gasteiger partial charge in [-0.05, 0) is 23.8 Å². The second-order valence-electron chi connectivity index (χ2n) is 6.35. The van der Waals surface area contributed by atoms with Crippen molar-refractivity contribution >= 4 is 23.2 Å². The fraction of sp³-hybridized carbons (Fsp3) is 0.167. The van der Waals surface area contributed by atoms with E-state index >= 15 is 0 Å². The van der Waals surface area contributed by atoms with Gasteiger partial charge in [0.2, 0.25) is 5.88 Å². The first-order chi connectivity index (χ1) is 14.7. The third-order valence-electron chi connectivity index (χ3n) is 4.30. The van der Waals surface area contributed by atoms with Crippen molar-refractivity contribution in [3.05, 3.63) is 84.1 Å². The Balaban J connectivity index is 1.84. The van der Waals surface area contributed by atoms with E-state index < -0.39 is 0 Å². The van der Waals surface area contributed by atoms with Gasteiger partial charge in [0.25, 0.3) is 5.91 Å². The van der Waals surface area contributed by atoms with Gasteiger partial charge >= 0.3 is 0 Å². The van der Waals surface area contributed by atoms with Gasteiger partial charge in [0.1, 0.15) is 12.4 Å². The SMILES string of the molecule is COCCOc1ccc(NC(=O)/C(=C/c2ccccc2OC)c2ccccc2)cn1. The lowest BCUT2D eigenvalue weighted by Gasteiger charge is -2.11. The maximum absolute atomic E-state index is 13.1. The van der Waals surface area contributed by atoms with Gasteiger partial charge in [-0.15, -0.1) is 0 Å². The van der Waals surface area contributed by atoms with E-state index in [4.69, 9.17) is 14.2 Å². The Labute approximate surface area is 176 Å². The van der Waals surface area contributed by atoms with Gasteiger partial charge < -0.3 is 19.5 Å². The van der Waals surface area contributed by atoms with E-state index in [2.05, 4.69) is 10.3 Å². The zero-order valence-electron chi connectivity index (χ0n) is 17.0. The molecule has 0 aliphatic carbocycles. The van der Waals surface area contributed by atoms with E-state index in [1.165, 1.54) is 0 Å². The summed E-state index contributed by atoms with van der Waals surface area (Å²) in [7, 11) is 3.22. The van der Waals surface area contributed by atoms with Crippen LogP contribution < -0.4 is 14.8 Å². The second kappa shape index (κ2) is 10.8. The Morgan fingerprint density at radius 3 is 2.43 bits per heavy atom. The van der Waals surface area contributed by atoms with Crippen LogP contribution in [-0.4, -0.2) is 38.3 Å². The fourth-order valence-electron chi connectivity index (χ4n) is 2.81. The summed E-state index contributed by atoms with van der Waals surface area (Å²) in [6.45, 7) is 0.892. The topological polar surface area (TPSA) is 69.7 Å². The number of pyridine rings is 1. The van der Waals surface area contributed by atoms with Gasteiger partial charge in [-0.1, -0.05) is 48.5 Å². The number of methoxy groups -OCH3 is 2. The molecular formula is C24H24N2O4. The summed E-state index contributed by atoms with van der Waals surface area (Å²) in [5.41, 5.74) is 2.70. The van der Waals surface area contributed by atoms with Gasteiger partial charge in [-0.3, -0.25) is 4.79 Å². The normalized spacial score (nSPS) is 11.1. The highest BCUT2D eigenvalue weighted by atomic mass is 16.5. The first kappa shape index (κ1) is 21.1. The van der Waals surface area contributed by atoms with Crippen molar-refractivity contribution in [2.24, 2.45) is 0 Å². The minimum absolute atomic E-state index is 0.248. The van der Waals surface area contributed by atoms with Crippen LogP contribution in [0.4, 0.5) is 5.69 Å². The van der Waals surface area contributed by atoms with Crippen LogP contribution in [0.5, 0.6) is 11.6 Å². The van der Waals surface area contributed by atoms with Gasteiger partial charge in [0, 0.05) is 24.3 Å². The number of para-hydroxylation sites is 1. The van der Waals surface area contributed by atoms with Crippen molar-refractivity contribution < 1.29 is 19.0 Å². The van der Waals surface area contributed by atoms with Crippen molar-refractivity contribution in [2.75, 3.05) is 32.8 Å². The summed E-state index contributed by atoms with van der Waals surface area (Å²) in [4.78, 5) is 17.3. The van der Waals surface area contributed by atoms with Crippen LogP contribution in [0, 0.1) is 0 Å². The number of ether oxygens (including phenoxy) is 3. The van der Waals surface area contributed by atoms with Crippen molar-refractivity contribution in [2.45, 2.75) is 0 Å². The molecule has 0 fully saturated rings. The number of benzene rings is 2. The molecule has 0 spiro atoms. The molecule has 6 heteroatoms. The van der Waals surface area contributed by atoms with Crippen molar-refractivity contribution in [3.63, 3.8) is 0 Å². The molecule has 0 bridgehead atoms. The van der Waals surface area contributed by atoms with Crippen LogP contribution in [-0.2, 0) is 9.53 Å². The van der Waals surface area contributed by atoms with Crippen LogP contribution >= 0.6 is 0 Å². The van der Waals surface area contributed by atoms with E-state index in [1.54, 1.807) is 32.5 Å². The summed E-state index contributed by atoms with van der Waals surface area (Å²) in [5.74, 6) is 0.915. The number of carbonyl (C=O) groups is 1. The minimum atomic E-state index is -0.248. The standard InChI is InChI=1S/C24H24N2O4/c1-28-14-15-30-23-13-12-20(17-25-23)26-24(27)21(18-8-4-3-5-9-18)16-19-10-6-7-11-22(19)29-2/h3-13,16-17H,14-15H2,1-2H3,(H,26,27)/b21-16+. The maximum Gasteiger partial charge on any atom is 0.256 e. The molecule has 1 heterocycles. The lowest BCUT2D eigenvalue weighted by atomic mass is 10.0. The molecule has 0 saturated heterocycles. The lowest BCUT2D eigenvalue weighted by Crippen LogP contribution is -2.14. The van der Waals surface area contributed by atoms with Gasteiger partial charge in [0.05, 0.1) is 25.6 Å². The van der Waals surface area contributed by atoms with Crippen molar-refractivity contribution in [1.82, 2.24) is 4.98 Å². The maximum atomic E-state index is 13.1. The molecule has 154 valence electrons. The van der Waals surface area contributed by atoms with E-state index in [0.29, 0.717) is 36.1 Å². The Morgan fingerprint density at radius 1 is 0.967 bits per heavy atom. The van der Waals surface area contributed by atoms with Crippen molar-refractivity contribution in [3.8, 4) is 11.6 Å². The molecule has 6 nitrogen and oxygen atoms in total. The number of rotatable bonds is 9. The molecule has 3 aromatic rings. The minimum Gasteiger partial charge on any atom is -0.496 e. The van der Waals surface area contributed by atoms with Crippen LogP contribution in [0.1, 0.15) is 11.1 Å². The highest BCUT2D eigenvalue weighted by Gasteiger charge is 2.14. The predicted octanol–water partition coefficient (Wildman–Crippen LogP) is 4.29. The first-order valence-corrected chi connectivity index (χ1v) is 9.50. The average molecular weight is 404 g/mol. The largest absolute Gasteiger partial charge is 0.496 e. The van der Waals surface area contributed by atoms with Crippen LogP contribution in [0.3, 0.4) is 0 Å². The molecule has 2 aromatic carbocycles. The quantitative estimate of drug-likeness (QED) is 0.327. The van der Waals surface area contributed by atoms with Crippen LogP contribution in [0.2, 0.25) is 0 Å². The zero-order chi connectivity index (χ0) is 21.2. The number of hydrogen-bond donors (Lipinski definition) is 1. The lowest BCUT2D eigenvalue weighted by molar-refractivity contribution is -0.111. The van der Waals surface area contributed by atoms with Crippen LogP contribution in [0.25, 0.3) is 11.6 Å². The Morgan fingerprint density at radius 2 is 1.73 bits per heavy atom. The third kappa shape index (κ3) is 5.68. The average Bonchev–Trinajstić information content (AvgIpc) is 2.79. The van der Waals surface area contributed by atoms with E-state index in [-0.39, 0.29) is 5.91 Å². The highest BCUT2D eigenvalue weighted by molar-refractivity contribution is 6.29. The number of nitrogens with one attached hydrogen (secondary N) is 1. The molecule has 1 amide bonds. The molecule has 3 rings (SSSR count). The number of nitrogens with zero attached hydrogens (tertiary/aromatic N) is 1.